The summed E-state index contributed by atoms with van der Waals surface area (Å²) in [6.07, 6.45) is 4.85. The van der Waals surface area contributed by atoms with Crippen LogP contribution in [0, 0.1) is 0 Å². The van der Waals surface area contributed by atoms with Gasteiger partial charge in [-0.3, -0.25) is 4.90 Å². The Bertz CT molecular complexity index is 1020. The third-order valence-electron chi connectivity index (χ3n) is 6.30. The molecule has 1 fully saturated rings. The lowest BCUT2D eigenvalue weighted by molar-refractivity contribution is 0.0792. The summed E-state index contributed by atoms with van der Waals surface area (Å²) in [6.45, 7) is 8.37. The van der Waals surface area contributed by atoms with Crippen molar-refractivity contribution in [2.45, 2.75) is 51.9 Å². The van der Waals surface area contributed by atoms with E-state index in [9.17, 15) is 5.11 Å². The number of nitrogens with one attached hydrogen (secondary N) is 2. The smallest absolute Gasteiger partial charge is 0.191 e. The molecule has 1 saturated heterocycles. The summed E-state index contributed by atoms with van der Waals surface area (Å²) < 4.78 is 2.31. The van der Waals surface area contributed by atoms with E-state index in [1.807, 2.05) is 0 Å². The van der Waals surface area contributed by atoms with Gasteiger partial charge in [0, 0.05) is 51.0 Å². The van der Waals surface area contributed by atoms with Gasteiger partial charge in [0.05, 0.1) is 12.6 Å². The summed E-state index contributed by atoms with van der Waals surface area (Å²) in [4.78, 5) is 7.19. The maximum absolute atomic E-state index is 9.67. The number of nitrogens with zero attached hydrogens (tertiary/aromatic N) is 3. The fourth-order valence-corrected chi connectivity index (χ4v) is 4.39. The predicted octanol–water partition coefficient (Wildman–Crippen LogP) is 4.36. The molecule has 34 heavy (non-hydrogen) atoms. The zero-order valence-corrected chi connectivity index (χ0v) is 22.4. The minimum absolute atomic E-state index is 0. The summed E-state index contributed by atoms with van der Waals surface area (Å²) in [6, 6.07) is 19.5. The number of aryl methyl sites for hydroxylation is 1. The molecule has 0 radical (unpaired) electrons. The Hall–Kier alpha value is -2.10. The molecule has 0 atom stereocenters. The molecule has 3 aromatic rings. The first-order valence-electron chi connectivity index (χ1n) is 12.3. The summed E-state index contributed by atoms with van der Waals surface area (Å²) in [7, 11) is 0. The van der Waals surface area contributed by atoms with Crippen molar-refractivity contribution in [3.05, 3.63) is 71.9 Å². The van der Waals surface area contributed by atoms with Crippen molar-refractivity contribution in [3.8, 4) is 0 Å². The Kier molecular flexibility index (Phi) is 10.7. The summed E-state index contributed by atoms with van der Waals surface area (Å²) in [5.41, 5.74) is 3.82. The number of aromatic nitrogens is 1. The Morgan fingerprint density at radius 2 is 1.74 bits per heavy atom. The lowest BCUT2D eigenvalue weighted by atomic mass is 10.1. The van der Waals surface area contributed by atoms with Gasteiger partial charge in [-0.25, -0.2) is 4.99 Å². The second-order valence-corrected chi connectivity index (χ2v) is 8.87. The van der Waals surface area contributed by atoms with E-state index in [-0.39, 0.29) is 30.1 Å². The number of fused-ring (bicyclic) bond motifs is 1. The van der Waals surface area contributed by atoms with Gasteiger partial charge in [0.1, 0.15) is 0 Å². The molecule has 0 unspecified atom stereocenters. The summed E-state index contributed by atoms with van der Waals surface area (Å²) >= 11 is 0. The molecule has 6 nitrogen and oxygen atoms in total. The van der Waals surface area contributed by atoms with Crippen LogP contribution >= 0.6 is 24.0 Å². The molecular formula is C27H38IN5O. The minimum Gasteiger partial charge on any atom is -0.393 e. The van der Waals surface area contributed by atoms with Gasteiger partial charge in [-0.05, 0) is 54.8 Å². The minimum atomic E-state index is -0.116. The zero-order chi connectivity index (χ0) is 22.9. The molecule has 1 aliphatic heterocycles. The number of hydrogen-bond acceptors (Lipinski definition) is 3. The normalized spacial score (nSPS) is 15.3. The maximum Gasteiger partial charge on any atom is 0.191 e. The van der Waals surface area contributed by atoms with Gasteiger partial charge in [-0.1, -0.05) is 42.5 Å². The van der Waals surface area contributed by atoms with Gasteiger partial charge in [0.15, 0.2) is 5.96 Å². The molecule has 7 heteroatoms. The van der Waals surface area contributed by atoms with E-state index in [2.05, 4.69) is 87.8 Å². The highest BCUT2D eigenvalue weighted by atomic mass is 127. The fourth-order valence-electron chi connectivity index (χ4n) is 4.39. The Balaban J connectivity index is 0.00000324. The molecule has 2 heterocycles. The molecule has 3 N–H and O–H groups in total. The highest BCUT2D eigenvalue weighted by Gasteiger charge is 2.16. The Labute approximate surface area is 220 Å². The monoisotopic (exact) mass is 575 g/mol. The van der Waals surface area contributed by atoms with E-state index >= 15 is 0 Å². The average molecular weight is 576 g/mol. The van der Waals surface area contributed by atoms with E-state index < -0.39 is 0 Å². The van der Waals surface area contributed by atoms with E-state index in [1.165, 1.54) is 22.0 Å². The van der Waals surface area contributed by atoms with E-state index in [0.717, 1.165) is 64.5 Å². The van der Waals surface area contributed by atoms with Crippen LogP contribution in [0.5, 0.6) is 0 Å². The molecule has 0 amide bonds. The molecule has 184 valence electrons. The lowest BCUT2D eigenvalue weighted by Crippen LogP contribution is -2.38. The van der Waals surface area contributed by atoms with Gasteiger partial charge >= 0.3 is 0 Å². The van der Waals surface area contributed by atoms with Crippen molar-refractivity contribution in [2.24, 2.45) is 4.99 Å². The number of para-hydroxylation sites is 1. The quantitative estimate of drug-likeness (QED) is 0.154. The van der Waals surface area contributed by atoms with Crippen molar-refractivity contribution in [2.75, 3.05) is 26.2 Å². The molecule has 0 saturated carbocycles. The van der Waals surface area contributed by atoms with Crippen LogP contribution in [0.2, 0.25) is 0 Å². The Morgan fingerprint density at radius 1 is 1.00 bits per heavy atom. The van der Waals surface area contributed by atoms with Gasteiger partial charge in [0.2, 0.25) is 0 Å². The van der Waals surface area contributed by atoms with E-state index in [4.69, 9.17) is 4.99 Å². The number of likely N-dealkylation sites (tertiary alicyclic amines) is 1. The third kappa shape index (κ3) is 7.71. The zero-order valence-electron chi connectivity index (χ0n) is 20.1. The van der Waals surface area contributed by atoms with Crippen molar-refractivity contribution in [1.29, 1.82) is 0 Å². The topological polar surface area (TPSA) is 64.8 Å². The molecule has 1 aromatic heterocycles. The van der Waals surface area contributed by atoms with Crippen LogP contribution < -0.4 is 10.6 Å². The number of guanidine groups is 1. The number of aliphatic hydroxyl groups excluding tert-OH is 1. The van der Waals surface area contributed by atoms with Crippen LogP contribution in [0.1, 0.15) is 37.3 Å². The van der Waals surface area contributed by atoms with Crippen molar-refractivity contribution in [1.82, 2.24) is 20.1 Å². The first kappa shape index (κ1) is 26.5. The molecular weight excluding hydrogens is 537 g/mol. The summed E-state index contributed by atoms with van der Waals surface area (Å²) in [5, 5.41) is 17.8. The first-order valence-corrected chi connectivity index (χ1v) is 12.3. The first-order chi connectivity index (χ1) is 16.2. The molecule has 0 bridgehead atoms. The standard InChI is InChI=1S/C27H37N5O.HI/c1-2-28-27(29-15-5-16-32-19-12-24-6-3-4-7-26(24)32)30-20-22-8-10-23(11-9-22)21-31-17-13-25(33)14-18-31;/h3-4,6-12,19,25,33H,2,5,13-18,20-21H2,1H3,(H2,28,29,30);1H. The van der Waals surface area contributed by atoms with Crippen molar-refractivity contribution in [3.63, 3.8) is 0 Å². The number of aliphatic hydroxyl groups is 1. The largest absolute Gasteiger partial charge is 0.393 e. The van der Waals surface area contributed by atoms with Gasteiger partial charge < -0.3 is 20.3 Å². The van der Waals surface area contributed by atoms with Crippen molar-refractivity contribution < 1.29 is 5.11 Å². The second kappa shape index (κ2) is 13.7. The van der Waals surface area contributed by atoms with Crippen LogP contribution in [0.25, 0.3) is 10.9 Å². The number of hydrogen-bond donors (Lipinski definition) is 3. The maximum atomic E-state index is 9.67. The van der Waals surface area contributed by atoms with Gasteiger partial charge in [-0.2, -0.15) is 0 Å². The van der Waals surface area contributed by atoms with Crippen molar-refractivity contribution >= 4 is 40.8 Å². The highest BCUT2D eigenvalue weighted by Crippen LogP contribution is 2.16. The SMILES string of the molecule is CCNC(=NCc1ccc(CN2CCC(O)CC2)cc1)NCCCn1ccc2ccccc21.I. The van der Waals surface area contributed by atoms with Gasteiger partial charge in [-0.15, -0.1) is 24.0 Å². The van der Waals surface area contributed by atoms with E-state index in [1.54, 1.807) is 0 Å². The average Bonchev–Trinajstić information content (AvgIpc) is 3.25. The second-order valence-electron chi connectivity index (χ2n) is 8.87. The number of rotatable bonds is 9. The fraction of sp³-hybridized carbons (Fsp3) is 0.444. The van der Waals surface area contributed by atoms with Crippen LogP contribution in [-0.4, -0.2) is 52.8 Å². The number of halogens is 1. The Morgan fingerprint density at radius 3 is 2.50 bits per heavy atom. The van der Waals surface area contributed by atoms with Gasteiger partial charge in [0.25, 0.3) is 0 Å². The van der Waals surface area contributed by atoms with Crippen LogP contribution in [-0.2, 0) is 19.6 Å². The van der Waals surface area contributed by atoms with E-state index in [0.29, 0.717) is 6.54 Å². The van der Waals surface area contributed by atoms with Crippen LogP contribution in [0.3, 0.4) is 0 Å². The number of aliphatic imine (C=N–C) groups is 1. The predicted molar refractivity (Wildman–Crippen MR) is 152 cm³/mol. The number of piperidine rings is 1. The molecule has 0 aliphatic carbocycles. The van der Waals surface area contributed by atoms with Crippen LogP contribution in [0.4, 0.5) is 0 Å². The summed E-state index contributed by atoms with van der Waals surface area (Å²) in [5.74, 6) is 0.866. The third-order valence-corrected chi connectivity index (χ3v) is 6.30. The lowest BCUT2D eigenvalue weighted by Gasteiger charge is -2.29. The molecule has 0 spiro atoms. The van der Waals surface area contributed by atoms with Crippen LogP contribution in [0.15, 0.2) is 65.8 Å². The highest BCUT2D eigenvalue weighted by molar-refractivity contribution is 14.0. The number of benzene rings is 2. The molecule has 4 rings (SSSR count). The molecule has 2 aromatic carbocycles. The molecule has 1 aliphatic rings.